The van der Waals surface area contributed by atoms with Crippen LogP contribution in [-0.4, -0.2) is 40.2 Å². The molecule has 1 aliphatic rings. The van der Waals surface area contributed by atoms with Crippen LogP contribution >= 0.6 is 24.0 Å². The summed E-state index contributed by atoms with van der Waals surface area (Å²) in [5, 5.41) is 11.6. The van der Waals surface area contributed by atoms with E-state index in [0.717, 1.165) is 37.6 Å². The predicted molar refractivity (Wildman–Crippen MR) is 123 cm³/mol. The van der Waals surface area contributed by atoms with Gasteiger partial charge in [0.1, 0.15) is 0 Å². The van der Waals surface area contributed by atoms with Gasteiger partial charge in [-0.15, -0.1) is 24.0 Å². The third-order valence-electron chi connectivity index (χ3n) is 4.54. The summed E-state index contributed by atoms with van der Waals surface area (Å²) in [4.78, 5) is 4.65. The fourth-order valence-electron chi connectivity index (χ4n) is 3.06. The van der Waals surface area contributed by atoms with Crippen LogP contribution in [0.1, 0.15) is 51.0 Å². The molecule has 0 aromatic heterocycles. The number of sulfonamides is 1. The summed E-state index contributed by atoms with van der Waals surface area (Å²) in [7, 11) is -3.66. The number of benzene rings is 1. The maximum atomic E-state index is 11.3. The van der Waals surface area contributed by atoms with Crippen molar-refractivity contribution in [3.05, 3.63) is 29.8 Å². The quantitative estimate of drug-likeness (QED) is 0.200. The molecular weight excluding hydrogens is 491 g/mol. The van der Waals surface area contributed by atoms with Gasteiger partial charge in [0.05, 0.1) is 17.5 Å². The van der Waals surface area contributed by atoms with Crippen molar-refractivity contribution in [3.8, 4) is 0 Å². The van der Waals surface area contributed by atoms with Gasteiger partial charge in [0.15, 0.2) is 5.96 Å². The van der Waals surface area contributed by atoms with E-state index in [1.807, 2.05) is 6.92 Å². The standard InChI is InChI=1S/C19H32N4O3S.HI/c1-2-21-19(22-13-6-14-26-17-7-4-3-5-8-17)23-15-16-9-11-18(12-10-16)27(20,24)25;/h9-12,17H,2-8,13-15H2,1H3,(H2,20,24,25)(H2,21,22,23);1H. The minimum absolute atomic E-state index is 0. The van der Waals surface area contributed by atoms with E-state index < -0.39 is 10.0 Å². The Hall–Kier alpha value is -0.910. The maximum Gasteiger partial charge on any atom is 0.238 e. The number of halogens is 1. The molecule has 9 heteroatoms. The average Bonchev–Trinajstić information content (AvgIpc) is 2.66. The molecule has 2 rings (SSSR count). The van der Waals surface area contributed by atoms with E-state index in [0.29, 0.717) is 12.6 Å². The van der Waals surface area contributed by atoms with E-state index in [4.69, 9.17) is 9.88 Å². The topological polar surface area (TPSA) is 106 Å². The minimum atomic E-state index is -3.66. The van der Waals surface area contributed by atoms with Crippen LogP contribution in [0.2, 0.25) is 0 Å². The second kappa shape index (κ2) is 13.3. The van der Waals surface area contributed by atoms with E-state index in [-0.39, 0.29) is 28.9 Å². The molecule has 1 saturated carbocycles. The van der Waals surface area contributed by atoms with Crippen molar-refractivity contribution < 1.29 is 13.2 Å². The Labute approximate surface area is 186 Å². The molecule has 1 aromatic carbocycles. The SMILES string of the molecule is CCNC(=NCc1ccc(S(N)(=O)=O)cc1)NCCCOC1CCCCC1.I. The van der Waals surface area contributed by atoms with Crippen molar-refractivity contribution in [3.63, 3.8) is 0 Å². The molecule has 0 bridgehead atoms. The highest BCUT2D eigenvalue weighted by Gasteiger charge is 2.13. The number of rotatable bonds is 9. The molecule has 0 radical (unpaired) electrons. The zero-order chi connectivity index (χ0) is 19.5. The Morgan fingerprint density at radius 3 is 2.46 bits per heavy atom. The van der Waals surface area contributed by atoms with Crippen molar-refractivity contribution in [2.75, 3.05) is 19.7 Å². The molecular formula is C19H33IN4O3S. The minimum Gasteiger partial charge on any atom is -0.378 e. The summed E-state index contributed by atoms with van der Waals surface area (Å²) >= 11 is 0. The van der Waals surface area contributed by atoms with Gasteiger partial charge < -0.3 is 15.4 Å². The number of ether oxygens (including phenoxy) is 1. The number of nitrogens with one attached hydrogen (secondary N) is 2. The van der Waals surface area contributed by atoms with Crippen LogP contribution in [0.5, 0.6) is 0 Å². The Balaban J connectivity index is 0.00000392. The lowest BCUT2D eigenvalue weighted by molar-refractivity contribution is 0.0277. The Kier molecular flexibility index (Phi) is 12.0. The van der Waals surface area contributed by atoms with Crippen molar-refractivity contribution >= 4 is 40.0 Å². The van der Waals surface area contributed by atoms with Crippen LogP contribution in [-0.2, 0) is 21.3 Å². The molecule has 0 atom stereocenters. The summed E-state index contributed by atoms with van der Waals surface area (Å²) < 4.78 is 28.5. The predicted octanol–water partition coefficient (Wildman–Crippen LogP) is 2.75. The third kappa shape index (κ3) is 9.53. The van der Waals surface area contributed by atoms with Crippen molar-refractivity contribution in [2.24, 2.45) is 10.1 Å². The van der Waals surface area contributed by atoms with Gasteiger partial charge in [0.25, 0.3) is 0 Å². The Bertz CT molecular complexity index is 690. The molecule has 0 heterocycles. The fourth-order valence-corrected chi connectivity index (χ4v) is 3.57. The zero-order valence-corrected chi connectivity index (χ0v) is 19.7. The molecule has 0 amide bonds. The van der Waals surface area contributed by atoms with Crippen LogP contribution in [0, 0.1) is 0 Å². The summed E-state index contributed by atoms with van der Waals surface area (Å²) in [5.41, 5.74) is 0.917. The lowest BCUT2D eigenvalue weighted by Gasteiger charge is -2.22. The lowest BCUT2D eigenvalue weighted by Crippen LogP contribution is -2.38. The fraction of sp³-hybridized carbons (Fsp3) is 0.632. The van der Waals surface area contributed by atoms with Gasteiger partial charge >= 0.3 is 0 Å². The molecule has 4 N–H and O–H groups in total. The smallest absolute Gasteiger partial charge is 0.238 e. The maximum absolute atomic E-state index is 11.3. The summed E-state index contributed by atoms with van der Waals surface area (Å²) in [5.74, 6) is 0.741. The van der Waals surface area contributed by atoms with E-state index in [1.165, 1.54) is 44.2 Å². The van der Waals surface area contributed by atoms with Gasteiger partial charge in [-0.2, -0.15) is 0 Å². The van der Waals surface area contributed by atoms with Crippen molar-refractivity contribution in [2.45, 2.75) is 63.0 Å². The molecule has 28 heavy (non-hydrogen) atoms. The van der Waals surface area contributed by atoms with Gasteiger partial charge in [-0.25, -0.2) is 18.5 Å². The van der Waals surface area contributed by atoms with Crippen LogP contribution < -0.4 is 15.8 Å². The van der Waals surface area contributed by atoms with E-state index in [2.05, 4.69) is 15.6 Å². The largest absolute Gasteiger partial charge is 0.378 e. The molecule has 7 nitrogen and oxygen atoms in total. The second-order valence-corrected chi connectivity index (χ2v) is 8.36. The number of hydrogen-bond donors (Lipinski definition) is 3. The second-order valence-electron chi connectivity index (χ2n) is 6.80. The Morgan fingerprint density at radius 2 is 1.86 bits per heavy atom. The molecule has 0 saturated heterocycles. The molecule has 1 fully saturated rings. The van der Waals surface area contributed by atoms with Gasteiger partial charge in [0.2, 0.25) is 10.0 Å². The molecule has 0 spiro atoms. The molecule has 0 aliphatic heterocycles. The van der Waals surface area contributed by atoms with Crippen LogP contribution in [0.3, 0.4) is 0 Å². The first-order valence-corrected chi connectivity index (χ1v) is 11.3. The number of aliphatic imine (C=N–C) groups is 1. The Morgan fingerprint density at radius 1 is 1.18 bits per heavy atom. The number of primary sulfonamides is 1. The monoisotopic (exact) mass is 524 g/mol. The summed E-state index contributed by atoms with van der Waals surface area (Å²) in [6.45, 7) is 4.81. The first-order valence-electron chi connectivity index (χ1n) is 9.74. The van der Waals surface area contributed by atoms with Crippen LogP contribution in [0.4, 0.5) is 0 Å². The molecule has 1 aromatic rings. The lowest BCUT2D eigenvalue weighted by atomic mass is 9.98. The average molecular weight is 524 g/mol. The number of nitrogens with two attached hydrogens (primary N) is 1. The van der Waals surface area contributed by atoms with Crippen molar-refractivity contribution in [1.29, 1.82) is 0 Å². The zero-order valence-electron chi connectivity index (χ0n) is 16.5. The number of hydrogen-bond acceptors (Lipinski definition) is 4. The van der Waals surface area contributed by atoms with Gasteiger partial charge in [-0.1, -0.05) is 31.4 Å². The van der Waals surface area contributed by atoms with E-state index in [1.54, 1.807) is 12.1 Å². The molecule has 0 unspecified atom stereocenters. The molecule has 160 valence electrons. The van der Waals surface area contributed by atoms with E-state index in [9.17, 15) is 8.42 Å². The van der Waals surface area contributed by atoms with Gasteiger partial charge in [-0.05, 0) is 43.9 Å². The highest BCUT2D eigenvalue weighted by Crippen LogP contribution is 2.20. The normalized spacial score (nSPS) is 15.7. The highest BCUT2D eigenvalue weighted by molar-refractivity contribution is 14.0. The van der Waals surface area contributed by atoms with Gasteiger partial charge in [0, 0.05) is 19.7 Å². The van der Waals surface area contributed by atoms with Crippen LogP contribution in [0.15, 0.2) is 34.2 Å². The first-order chi connectivity index (χ1) is 13.0. The van der Waals surface area contributed by atoms with Crippen molar-refractivity contribution in [1.82, 2.24) is 10.6 Å². The first kappa shape index (κ1) is 25.1. The highest BCUT2D eigenvalue weighted by atomic mass is 127. The summed E-state index contributed by atoms with van der Waals surface area (Å²) in [6.07, 6.45) is 7.69. The van der Waals surface area contributed by atoms with Crippen LogP contribution in [0.25, 0.3) is 0 Å². The number of guanidine groups is 1. The molecule has 1 aliphatic carbocycles. The van der Waals surface area contributed by atoms with Gasteiger partial charge in [-0.3, -0.25) is 0 Å². The summed E-state index contributed by atoms with van der Waals surface area (Å²) in [6, 6.07) is 6.46. The van der Waals surface area contributed by atoms with E-state index >= 15 is 0 Å². The third-order valence-corrected chi connectivity index (χ3v) is 5.46. The number of nitrogens with zero attached hydrogens (tertiary/aromatic N) is 1.